The van der Waals surface area contributed by atoms with Gasteiger partial charge in [0.15, 0.2) is 0 Å². The molecule has 0 N–H and O–H groups in total. The van der Waals surface area contributed by atoms with Gasteiger partial charge in [-0.2, -0.15) is 0 Å². The molecule has 0 unspecified atom stereocenters. The van der Waals surface area contributed by atoms with Crippen LogP contribution in [0.5, 0.6) is 0 Å². The van der Waals surface area contributed by atoms with Crippen molar-refractivity contribution in [2.75, 3.05) is 7.11 Å². The second-order valence-electron chi connectivity index (χ2n) is 7.95. The van der Waals surface area contributed by atoms with Gasteiger partial charge in [-0.3, -0.25) is 4.79 Å². The van der Waals surface area contributed by atoms with E-state index in [2.05, 4.69) is 48.5 Å². The van der Waals surface area contributed by atoms with Crippen molar-refractivity contribution in [1.29, 1.82) is 0 Å². The molecule has 0 radical (unpaired) electrons. The Hall–Kier alpha value is -2.09. The van der Waals surface area contributed by atoms with Crippen molar-refractivity contribution in [1.82, 2.24) is 0 Å². The molecule has 2 saturated carbocycles. The van der Waals surface area contributed by atoms with Crippen molar-refractivity contribution in [2.24, 2.45) is 11.3 Å². The lowest BCUT2D eigenvalue weighted by atomic mass is 9.43. The van der Waals surface area contributed by atoms with Gasteiger partial charge < -0.3 is 4.74 Å². The number of benzene rings is 2. The zero-order valence-electron chi connectivity index (χ0n) is 14.8. The summed E-state index contributed by atoms with van der Waals surface area (Å²) >= 11 is 0. The zero-order chi connectivity index (χ0) is 17.1. The third-order valence-corrected chi connectivity index (χ3v) is 7.25. The maximum Gasteiger partial charge on any atom is 0.313 e. The number of rotatable bonds is 1. The number of esters is 1. The van der Waals surface area contributed by atoms with Gasteiger partial charge in [0, 0.05) is 5.41 Å². The van der Waals surface area contributed by atoms with Gasteiger partial charge in [-0.15, -0.1) is 0 Å². The Labute approximate surface area is 149 Å². The molecule has 0 atom stereocenters. The van der Waals surface area contributed by atoms with Crippen molar-refractivity contribution in [3.8, 4) is 11.1 Å². The van der Waals surface area contributed by atoms with Crippen molar-refractivity contribution >= 4 is 5.97 Å². The topological polar surface area (TPSA) is 26.3 Å². The van der Waals surface area contributed by atoms with Crippen LogP contribution in [0, 0.1) is 11.3 Å². The first-order valence-corrected chi connectivity index (χ1v) is 9.53. The van der Waals surface area contributed by atoms with Crippen LogP contribution < -0.4 is 0 Å². The third kappa shape index (κ3) is 1.63. The summed E-state index contributed by atoms with van der Waals surface area (Å²) in [6.07, 6.45) is 6.57. The number of carbonyl (C=O) groups excluding carboxylic acids is 1. The highest BCUT2D eigenvalue weighted by atomic mass is 16.5. The van der Waals surface area contributed by atoms with Crippen LogP contribution in [0.3, 0.4) is 0 Å². The molecule has 1 spiro atoms. The van der Waals surface area contributed by atoms with Crippen LogP contribution in [0.4, 0.5) is 0 Å². The van der Waals surface area contributed by atoms with E-state index >= 15 is 0 Å². The fraction of sp³-hybridized carbons (Fsp3) is 0.435. The van der Waals surface area contributed by atoms with Crippen LogP contribution in [0.2, 0.25) is 0 Å². The quantitative estimate of drug-likeness (QED) is 0.679. The third-order valence-electron chi connectivity index (χ3n) is 7.25. The number of hydrogen-bond donors (Lipinski definition) is 0. The zero-order valence-corrected chi connectivity index (χ0v) is 14.8. The standard InChI is InChI=1S/C23H24O2/c1-25-21(24)22-14-6-8-16(9-7-15-22)23(22)19-12-4-2-10-17(19)18-11-3-5-13-20(18)23/h2-5,10-13,16H,6-9,14-15H2,1H3. The van der Waals surface area contributed by atoms with E-state index < -0.39 is 5.41 Å². The van der Waals surface area contributed by atoms with Crippen molar-refractivity contribution in [3.05, 3.63) is 59.7 Å². The smallest absolute Gasteiger partial charge is 0.313 e. The summed E-state index contributed by atoms with van der Waals surface area (Å²) in [6.45, 7) is 0. The fourth-order valence-corrected chi connectivity index (χ4v) is 6.57. The van der Waals surface area contributed by atoms with E-state index in [9.17, 15) is 4.79 Å². The molecule has 5 rings (SSSR count). The summed E-state index contributed by atoms with van der Waals surface area (Å²) in [7, 11) is 1.57. The molecular weight excluding hydrogens is 308 g/mol. The molecule has 0 aliphatic heterocycles. The molecule has 25 heavy (non-hydrogen) atoms. The predicted molar refractivity (Wildman–Crippen MR) is 98.3 cm³/mol. The van der Waals surface area contributed by atoms with E-state index in [-0.39, 0.29) is 11.4 Å². The molecule has 2 heteroatoms. The number of carbonyl (C=O) groups is 1. The van der Waals surface area contributed by atoms with Gasteiger partial charge in [0.1, 0.15) is 0 Å². The Kier molecular flexibility index (Phi) is 3.16. The lowest BCUT2D eigenvalue weighted by molar-refractivity contribution is -0.166. The fourth-order valence-electron chi connectivity index (χ4n) is 6.57. The van der Waals surface area contributed by atoms with Crippen molar-refractivity contribution in [3.63, 3.8) is 0 Å². The molecule has 0 amide bonds. The van der Waals surface area contributed by atoms with Gasteiger partial charge in [-0.05, 0) is 53.9 Å². The molecule has 2 aromatic rings. The molecule has 2 fully saturated rings. The molecule has 0 saturated heterocycles. The number of fused-ring (bicyclic) bond motifs is 3. The van der Waals surface area contributed by atoms with E-state index in [4.69, 9.17) is 4.74 Å². The van der Waals surface area contributed by atoms with Crippen LogP contribution in [0.15, 0.2) is 48.5 Å². The maximum absolute atomic E-state index is 13.3. The first-order chi connectivity index (χ1) is 12.3. The minimum absolute atomic E-state index is 0.00315. The Balaban J connectivity index is 1.91. The lowest BCUT2D eigenvalue weighted by Crippen LogP contribution is -2.59. The van der Waals surface area contributed by atoms with Gasteiger partial charge in [0.2, 0.25) is 0 Å². The molecule has 2 bridgehead atoms. The van der Waals surface area contributed by atoms with Crippen LogP contribution >= 0.6 is 0 Å². The second kappa shape index (κ2) is 5.20. The minimum atomic E-state index is -0.411. The van der Waals surface area contributed by atoms with E-state index in [1.54, 1.807) is 7.11 Å². The van der Waals surface area contributed by atoms with E-state index in [0.29, 0.717) is 5.92 Å². The van der Waals surface area contributed by atoms with Gasteiger partial charge in [-0.25, -0.2) is 0 Å². The van der Waals surface area contributed by atoms with E-state index in [1.807, 2.05) is 0 Å². The predicted octanol–water partition coefficient (Wildman–Crippen LogP) is 5.10. The van der Waals surface area contributed by atoms with Gasteiger partial charge in [0.05, 0.1) is 12.5 Å². The molecule has 3 aliphatic rings. The van der Waals surface area contributed by atoms with Crippen LogP contribution in [-0.4, -0.2) is 13.1 Å². The number of hydrogen-bond acceptors (Lipinski definition) is 2. The highest BCUT2D eigenvalue weighted by Crippen LogP contribution is 2.69. The summed E-state index contributed by atoms with van der Waals surface area (Å²) in [4.78, 5) is 13.3. The van der Waals surface area contributed by atoms with E-state index in [1.165, 1.54) is 35.1 Å². The Morgan fingerprint density at radius 2 is 1.44 bits per heavy atom. The average Bonchev–Trinajstić information content (AvgIpc) is 2.94. The summed E-state index contributed by atoms with van der Waals surface area (Å²) in [5.74, 6) is 0.530. The molecule has 128 valence electrons. The largest absolute Gasteiger partial charge is 0.469 e. The minimum Gasteiger partial charge on any atom is -0.469 e. The number of ether oxygens (including phenoxy) is 1. The van der Waals surface area contributed by atoms with Gasteiger partial charge >= 0.3 is 5.97 Å². The molecule has 3 aliphatic carbocycles. The van der Waals surface area contributed by atoms with Crippen molar-refractivity contribution < 1.29 is 9.53 Å². The van der Waals surface area contributed by atoms with Crippen LogP contribution in [0.25, 0.3) is 11.1 Å². The first kappa shape index (κ1) is 15.2. The molecule has 0 aromatic heterocycles. The maximum atomic E-state index is 13.3. The molecule has 2 nitrogen and oxygen atoms in total. The average molecular weight is 332 g/mol. The Bertz CT molecular complexity index is 795. The molecular formula is C23H24O2. The highest BCUT2D eigenvalue weighted by Gasteiger charge is 2.67. The van der Waals surface area contributed by atoms with Crippen molar-refractivity contribution in [2.45, 2.75) is 43.9 Å². The Morgan fingerprint density at radius 1 is 0.920 bits per heavy atom. The van der Waals surface area contributed by atoms with Crippen LogP contribution in [0.1, 0.15) is 49.7 Å². The van der Waals surface area contributed by atoms with Crippen LogP contribution in [-0.2, 0) is 14.9 Å². The van der Waals surface area contributed by atoms with Gasteiger partial charge in [-0.1, -0.05) is 61.4 Å². The molecule has 0 heterocycles. The molecule has 2 aromatic carbocycles. The summed E-state index contributed by atoms with van der Waals surface area (Å²) < 4.78 is 5.44. The normalized spacial score (nSPS) is 28.3. The number of methoxy groups -OCH3 is 1. The van der Waals surface area contributed by atoms with Gasteiger partial charge in [0.25, 0.3) is 0 Å². The monoisotopic (exact) mass is 332 g/mol. The summed E-state index contributed by atoms with van der Waals surface area (Å²) in [6, 6.07) is 17.5. The summed E-state index contributed by atoms with van der Waals surface area (Å²) in [5, 5.41) is 0. The second-order valence-corrected chi connectivity index (χ2v) is 7.95. The highest BCUT2D eigenvalue weighted by molar-refractivity contribution is 5.89. The van der Waals surface area contributed by atoms with E-state index in [0.717, 1.165) is 25.7 Å². The summed E-state index contributed by atoms with van der Waals surface area (Å²) in [5.41, 5.74) is 4.76. The first-order valence-electron chi connectivity index (χ1n) is 9.53. The SMILES string of the molecule is COC(=O)C12CCCC(CCC1)C21c2ccccc2-c2ccccc21. The Morgan fingerprint density at radius 3 is 1.96 bits per heavy atom. The lowest BCUT2D eigenvalue weighted by Gasteiger charge is -2.58.